The largest absolute Gasteiger partial charge is 0.344 e. The molecule has 0 aliphatic carbocycles. The molecule has 1 aromatic heterocycles. The summed E-state index contributed by atoms with van der Waals surface area (Å²) in [4.78, 5) is 21.4. The van der Waals surface area contributed by atoms with Crippen LogP contribution in [0.5, 0.6) is 0 Å². The van der Waals surface area contributed by atoms with Gasteiger partial charge in [0.2, 0.25) is 5.91 Å². The third kappa shape index (κ3) is 3.91. The molecule has 1 amide bonds. The molecule has 0 bridgehead atoms. The van der Waals surface area contributed by atoms with Gasteiger partial charge in [0.15, 0.2) is 5.13 Å². The lowest BCUT2D eigenvalue weighted by molar-refractivity contribution is -0.134. The maximum absolute atomic E-state index is 12.6. The minimum absolute atomic E-state index is 0.277. The first-order chi connectivity index (χ1) is 11.3. The number of hydrogen-bond donors (Lipinski definition) is 0. The average molecular weight is 329 g/mol. The van der Waals surface area contributed by atoms with Crippen molar-refractivity contribution < 1.29 is 4.79 Å². The van der Waals surface area contributed by atoms with Gasteiger partial charge in [-0.05, 0) is 18.4 Å². The Hall–Kier alpha value is -1.88. The van der Waals surface area contributed by atoms with Gasteiger partial charge in [0.25, 0.3) is 0 Å². The fourth-order valence-electron chi connectivity index (χ4n) is 3.12. The van der Waals surface area contributed by atoms with E-state index in [4.69, 9.17) is 0 Å². The summed E-state index contributed by atoms with van der Waals surface area (Å²) in [6.45, 7) is 4.72. The van der Waals surface area contributed by atoms with Crippen molar-refractivity contribution in [1.29, 1.82) is 0 Å². The number of thiazole rings is 1. The van der Waals surface area contributed by atoms with Crippen molar-refractivity contribution in [1.82, 2.24) is 9.88 Å². The molecule has 1 aromatic carbocycles. The maximum Gasteiger partial charge on any atom is 0.223 e. The Morgan fingerprint density at radius 2 is 2.13 bits per heavy atom. The second kappa shape index (κ2) is 7.59. The van der Waals surface area contributed by atoms with Crippen LogP contribution in [0.4, 0.5) is 5.13 Å². The molecule has 1 aliphatic rings. The van der Waals surface area contributed by atoms with Crippen LogP contribution >= 0.6 is 11.3 Å². The molecular weight excluding hydrogens is 306 g/mol. The molecule has 2 heterocycles. The molecule has 1 aliphatic heterocycles. The molecular formula is C18H23N3OS. The van der Waals surface area contributed by atoms with Crippen LogP contribution in [-0.2, 0) is 11.2 Å². The molecule has 3 rings (SSSR count). The van der Waals surface area contributed by atoms with Gasteiger partial charge in [0, 0.05) is 43.7 Å². The van der Waals surface area contributed by atoms with E-state index in [9.17, 15) is 4.79 Å². The third-order valence-electron chi connectivity index (χ3n) is 4.43. The maximum atomic E-state index is 12.6. The first kappa shape index (κ1) is 16.0. The second-order valence-electron chi connectivity index (χ2n) is 5.90. The zero-order valence-corrected chi connectivity index (χ0v) is 14.3. The molecule has 2 aromatic rings. The lowest BCUT2D eigenvalue weighted by Crippen LogP contribution is -2.55. The van der Waals surface area contributed by atoms with E-state index < -0.39 is 0 Å². The summed E-state index contributed by atoms with van der Waals surface area (Å²) in [6, 6.07) is 10.5. The molecule has 1 saturated heterocycles. The van der Waals surface area contributed by atoms with E-state index in [0.29, 0.717) is 6.42 Å². The van der Waals surface area contributed by atoms with E-state index in [1.54, 1.807) is 11.3 Å². The predicted molar refractivity (Wildman–Crippen MR) is 94.9 cm³/mol. The lowest BCUT2D eigenvalue weighted by Gasteiger charge is -2.41. The highest BCUT2D eigenvalue weighted by Gasteiger charge is 2.29. The van der Waals surface area contributed by atoms with Crippen molar-refractivity contribution in [2.75, 3.05) is 24.5 Å². The number of hydrogen-bond acceptors (Lipinski definition) is 4. The summed E-state index contributed by atoms with van der Waals surface area (Å²) in [7, 11) is 0. The Morgan fingerprint density at radius 3 is 2.83 bits per heavy atom. The summed E-state index contributed by atoms with van der Waals surface area (Å²) >= 11 is 1.67. The van der Waals surface area contributed by atoms with E-state index in [1.165, 1.54) is 5.56 Å². The number of anilines is 1. The summed E-state index contributed by atoms with van der Waals surface area (Å²) < 4.78 is 0. The molecule has 5 heteroatoms. The van der Waals surface area contributed by atoms with Crippen molar-refractivity contribution in [2.24, 2.45) is 0 Å². The fraction of sp³-hybridized carbons (Fsp3) is 0.444. The van der Waals surface area contributed by atoms with E-state index in [0.717, 1.165) is 37.6 Å². The second-order valence-corrected chi connectivity index (χ2v) is 6.77. The van der Waals surface area contributed by atoms with Gasteiger partial charge in [-0.3, -0.25) is 4.79 Å². The molecule has 1 unspecified atom stereocenters. The van der Waals surface area contributed by atoms with E-state index in [-0.39, 0.29) is 11.9 Å². The summed E-state index contributed by atoms with van der Waals surface area (Å²) in [5.41, 5.74) is 1.23. The van der Waals surface area contributed by atoms with Crippen LogP contribution in [0, 0.1) is 0 Å². The fourth-order valence-corrected chi connectivity index (χ4v) is 3.80. The predicted octanol–water partition coefficient (Wildman–Crippen LogP) is 3.20. The van der Waals surface area contributed by atoms with E-state index in [1.807, 2.05) is 29.8 Å². The number of piperazine rings is 1. The lowest BCUT2D eigenvalue weighted by atomic mass is 10.1. The zero-order chi connectivity index (χ0) is 16.1. The van der Waals surface area contributed by atoms with Crippen LogP contribution in [0.1, 0.15) is 25.3 Å². The number of benzene rings is 1. The SMILES string of the molecule is CCC1CN(c2nccs2)CCN1C(=O)CCc1ccccc1. The van der Waals surface area contributed by atoms with Crippen molar-refractivity contribution in [2.45, 2.75) is 32.2 Å². The van der Waals surface area contributed by atoms with Crippen LogP contribution in [0.25, 0.3) is 0 Å². The number of aromatic nitrogens is 1. The smallest absolute Gasteiger partial charge is 0.223 e. The molecule has 0 radical (unpaired) electrons. The first-order valence-electron chi connectivity index (χ1n) is 8.25. The van der Waals surface area contributed by atoms with Gasteiger partial charge in [-0.2, -0.15) is 0 Å². The molecule has 0 N–H and O–H groups in total. The van der Waals surface area contributed by atoms with Gasteiger partial charge in [-0.25, -0.2) is 4.98 Å². The number of amides is 1. The molecule has 0 spiro atoms. The van der Waals surface area contributed by atoms with Crippen molar-refractivity contribution in [3.05, 3.63) is 47.5 Å². The zero-order valence-electron chi connectivity index (χ0n) is 13.5. The average Bonchev–Trinajstić information content (AvgIpc) is 3.14. The molecule has 1 fully saturated rings. The third-order valence-corrected chi connectivity index (χ3v) is 5.27. The van der Waals surface area contributed by atoms with Crippen LogP contribution in [0.15, 0.2) is 41.9 Å². The molecule has 23 heavy (non-hydrogen) atoms. The molecule has 4 nitrogen and oxygen atoms in total. The number of carbonyl (C=O) groups excluding carboxylic acids is 1. The van der Waals surface area contributed by atoms with Crippen LogP contribution in [0.3, 0.4) is 0 Å². The van der Waals surface area contributed by atoms with Gasteiger partial charge in [-0.15, -0.1) is 11.3 Å². The van der Waals surface area contributed by atoms with Crippen LogP contribution in [-0.4, -0.2) is 41.5 Å². The van der Waals surface area contributed by atoms with Gasteiger partial charge in [0.1, 0.15) is 0 Å². The topological polar surface area (TPSA) is 36.4 Å². The Bertz CT molecular complexity index is 614. The number of rotatable bonds is 5. The van der Waals surface area contributed by atoms with Gasteiger partial charge in [-0.1, -0.05) is 37.3 Å². The quantitative estimate of drug-likeness (QED) is 0.845. The van der Waals surface area contributed by atoms with Gasteiger partial charge in [0.05, 0.1) is 0 Å². The highest BCUT2D eigenvalue weighted by Crippen LogP contribution is 2.23. The first-order valence-corrected chi connectivity index (χ1v) is 9.13. The number of aryl methyl sites for hydroxylation is 1. The normalized spacial score (nSPS) is 18.2. The Balaban J connectivity index is 1.58. The molecule has 1 atom stereocenters. The van der Waals surface area contributed by atoms with Crippen molar-refractivity contribution >= 4 is 22.4 Å². The van der Waals surface area contributed by atoms with Gasteiger partial charge >= 0.3 is 0 Å². The summed E-state index contributed by atoms with van der Waals surface area (Å²) in [5, 5.41) is 3.08. The molecule has 122 valence electrons. The standard InChI is InChI=1S/C18H23N3OS/c1-2-16-14-20(18-19-10-13-23-18)11-12-21(16)17(22)9-8-15-6-4-3-5-7-15/h3-7,10,13,16H,2,8-9,11-12,14H2,1H3. The Labute approximate surface area is 141 Å². The highest BCUT2D eigenvalue weighted by atomic mass is 32.1. The monoisotopic (exact) mass is 329 g/mol. The van der Waals surface area contributed by atoms with Crippen molar-refractivity contribution in [3.8, 4) is 0 Å². The summed E-state index contributed by atoms with van der Waals surface area (Å²) in [6.07, 6.45) is 4.25. The Kier molecular flexibility index (Phi) is 5.28. The van der Waals surface area contributed by atoms with E-state index in [2.05, 4.69) is 33.8 Å². The van der Waals surface area contributed by atoms with Gasteiger partial charge < -0.3 is 9.80 Å². The minimum Gasteiger partial charge on any atom is -0.344 e. The highest BCUT2D eigenvalue weighted by molar-refractivity contribution is 7.13. The number of carbonyl (C=O) groups is 1. The minimum atomic E-state index is 0.277. The molecule has 0 saturated carbocycles. The Morgan fingerprint density at radius 1 is 1.30 bits per heavy atom. The van der Waals surface area contributed by atoms with Crippen LogP contribution in [0.2, 0.25) is 0 Å². The van der Waals surface area contributed by atoms with Crippen LogP contribution < -0.4 is 4.90 Å². The number of nitrogens with zero attached hydrogens (tertiary/aromatic N) is 3. The summed E-state index contributed by atoms with van der Waals surface area (Å²) in [5.74, 6) is 0.277. The van der Waals surface area contributed by atoms with E-state index >= 15 is 0 Å². The van der Waals surface area contributed by atoms with Crippen molar-refractivity contribution in [3.63, 3.8) is 0 Å².